The van der Waals surface area contributed by atoms with Gasteiger partial charge in [-0.2, -0.15) is 59.6 Å². The summed E-state index contributed by atoms with van der Waals surface area (Å²) in [6.45, 7) is 4.69. The van der Waals surface area contributed by atoms with Crippen LogP contribution >= 0.6 is 0 Å². The molecular weight excluding hydrogens is 317 g/mol. The summed E-state index contributed by atoms with van der Waals surface area (Å²) < 4.78 is 0. The fourth-order valence-electron chi connectivity index (χ4n) is 0.774. The summed E-state index contributed by atoms with van der Waals surface area (Å²) in [6.07, 6.45) is 0. The summed E-state index contributed by atoms with van der Waals surface area (Å²) in [5.41, 5.74) is 0. The topological polar surface area (TPSA) is 42.3 Å². The summed E-state index contributed by atoms with van der Waals surface area (Å²) >= 11 is 0. The van der Waals surface area contributed by atoms with Gasteiger partial charge in [0, 0.05) is 8.80 Å². The third kappa shape index (κ3) is 29.9. The van der Waals surface area contributed by atoms with Gasteiger partial charge in [0.05, 0.1) is 0 Å². The molecule has 0 saturated carbocycles. The van der Waals surface area contributed by atoms with Crippen molar-refractivity contribution in [1.82, 2.24) is 0 Å². The van der Waals surface area contributed by atoms with Gasteiger partial charge in [0.1, 0.15) is 0 Å². The molecule has 0 fully saturated rings. The first kappa shape index (κ1) is 26.8. The summed E-state index contributed by atoms with van der Waals surface area (Å²) in [4.78, 5) is 0. The van der Waals surface area contributed by atoms with E-state index in [-0.39, 0.29) is 26.2 Å². The van der Waals surface area contributed by atoms with Crippen LogP contribution in [0, 0.1) is 0 Å². The molecular formula is C13H29N3SiZr. The molecule has 0 saturated heterocycles. The minimum atomic E-state index is -0.480. The van der Waals surface area contributed by atoms with Gasteiger partial charge < -0.3 is 16.0 Å². The molecule has 1 aromatic rings. The van der Waals surface area contributed by atoms with Gasteiger partial charge in [-0.25, -0.2) is 12.1 Å². The van der Waals surface area contributed by atoms with E-state index < -0.39 is 8.80 Å². The Hall–Kier alpha value is 0.330. The largest absolute Gasteiger partial charge is 4.00 e. The van der Waals surface area contributed by atoms with Gasteiger partial charge in [0.25, 0.3) is 0 Å². The summed E-state index contributed by atoms with van der Waals surface area (Å²) in [5, 5.41) is 12.1. The Kier molecular flexibility index (Phi) is 38.7. The van der Waals surface area contributed by atoms with E-state index in [4.69, 9.17) is 0 Å². The molecule has 0 atom stereocenters. The van der Waals surface area contributed by atoms with Gasteiger partial charge in [-0.15, -0.1) is 0 Å². The average Bonchev–Trinajstić information content (AvgIpc) is 2.73. The van der Waals surface area contributed by atoms with E-state index in [0.717, 1.165) is 0 Å². The van der Waals surface area contributed by atoms with Crippen molar-refractivity contribution < 1.29 is 26.2 Å². The Bertz CT molecular complexity index is 187. The van der Waals surface area contributed by atoms with Crippen LogP contribution in [0.3, 0.4) is 0 Å². The van der Waals surface area contributed by atoms with Crippen LogP contribution in [0.25, 0.3) is 16.0 Å². The molecule has 0 unspecified atom stereocenters. The van der Waals surface area contributed by atoms with E-state index in [1.165, 1.54) is 0 Å². The fraction of sp³-hybridized carbons (Fsp3) is 0.615. The zero-order chi connectivity index (χ0) is 14.1. The minimum absolute atomic E-state index is 0. The molecule has 0 aliphatic heterocycles. The number of hydrogen-bond donors (Lipinski definition) is 0. The minimum Gasteiger partial charge on any atom is -0.668 e. The van der Waals surface area contributed by atoms with Crippen LogP contribution in [0.4, 0.5) is 0 Å². The van der Waals surface area contributed by atoms with Crippen molar-refractivity contribution in [3.63, 3.8) is 0 Å². The van der Waals surface area contributed by atoms with Crippen LogP contribution in [-0.2, 0) is 26.2 Å². The van der Waals surface area contributed by atoms with Crippen LogP contribution in [0.5, 0.6) is 0 Å². The van der Waals surface area contributed by atoms with Gasteiger partial charge in [0.15, 0.2) is 0 Å². The normalized spacial score (nSPS) is 7.61. The van der Waals surface area contributed by atoms with Crippen LogP contribution in [0.2, 0.25) is 13.1 Å². The molecule has 18 heavy (non-hydrogen) atoms. The maximum atomic E-state index is 3.50. The van der Waals surface area contributed by atoms with Crippen molar-refractivity contribution in [2.24, 2.45) is 0 Å². The molecule has 1 rings (SSSR count). The molecule has 0 spiro atoms. The van der Waals surface area contributed by atoms with Gasteiger partial charge in [-0.05, 0) is 0 Å². The van der Waals surface area contributed by atoms with Crippen molar-refractivity contribution in [3.8, 4) is 0 Å². The monoisotopic (exact) mass is 345 g/mol. The summed E-state index contributed by atoms with van der Waals surface area (Å²) in [5.74, 6) is 0. The van der Waals surface area contributed by atoms with Crippen molar-refractivity contribution in [2.45, 2.75) is 13.1 Å². The average molecular weight is 347 g/mol. The van der Waals surface area contributed by atoms with E-state index in [9.17, 15) is 0 Å². The summed E-state index contributed by atoms with van der Waals surface area (Å²) in [7, 11) is 10.0. The smallest absolute Gasteiger partial charge is 0.668 e. The Balaban J connectivity index is -0.0000000840. The first-order chi connectivity index (χ1) is 8.05. The maximum absolute atomic E-state index is 3.50. The predicted octanol–water partition coefficient (Wildman–Crippen LogP) is 2.96. The van der Waals surface area contributed by atoms with E-state index >= 15 is 0 Å². The number of hydrogen-bond acceptors (Lipinski definition) is 0. The molecule has 3 nitrogen and oxygen atoms in total. The second kappa shape index (κ2) is 26.0. The van der Waals surface area contributed by atoms with Crippen LogP contribution < -0.4 is 5.19 Å². The standard InChI is InChI=1S/C7H11Si.3C2H6N.Zr/c1-8(2)7-5-3-4-6-7;3*1-3-2;/h3-6,8H,1-2H3;3*1-2H3;/q4*-1;+4. The molecule has 0 aliphatic carbocycles. The van der Waals surface area contributed by atoms with Crippen molar-refractivity contribution in [1.29, 1.82) is 0 Å². The molecule has 0 bridgehead atoms. The molecule has 104 valence electrons. The SMILES string of the molecule is C[N-]C.C[N-]C.C[N-]C.C[SiH](C)[c-]1cccc1.[Zr+4]. The first-order valence-electron chi connectivity index (χ1n) is 5.70. The van der Waals surface area contributed by atoms with E-state index in [2.05, 4.69) is 53.3 Å². The quantitative estimate of drug-likeness (QED) is 0.554. The number of rotatable bonds is 1. The third-order valence-corrected chi connectivity index (χ3v) is 3.07. The molecule has 5 heteroatoms. The first-order valence-corrected chi connectivity index (χ1v) is 8.59. The zero-order valence-electron chi connectivity index (χ0n) is 13.2. The Morgan fingerprint density at radius 2 is 0.944 bits per heavy atom. The summed E-state index contributed by atoms with van der Waals surface area (Å²) in [6, 6.07) is 8.67. The van der Waals surface area contributed by atoms with E-state index in [1.807, 2.05) is 0 Å². The Morgan fingerprint density at radius 3 is 1.06 bits per heavy atom. The Labute approximate surface area is 135 Å². The zero-order valence-corrected chi connectivity index (χ0v) is 16.8. The molecule has 0 heterocycles. The Morgan fingerprint density at radius 1 is 0.722 bits per heavy atom. The van der Waals surface area contributed by atoms with Crippen LogP contribution in [-0.4, -0.2) is 51.1 Å². The van der Waals surface area contributed by atoms with Crippen molar-refractivity contribution in [2.75, 3.05) is 42.3 Å². The molecule has 0 amide bonds. The molecule has 1 aromatic carbocycles. The van der Waals surface area contributed by atoms with E-state index in [1.54, 1.807) is 47.5 Å². The molecule has 0 radical (unpaired) electrons. The maximum Gasteiger partial charge on any atom is 4.00 e. The van der Waals surface area contributed by atoms with Gasteiger partial charge in [0.2, 0.25) is 0 Å². The fourth-order valence-corrected chi connectivity index (χ4v) is 1.77. The predicted molar refractivity (Wildman–Crippen MR) is 86.2 cm³/mol. The van der Waals surface area contributed by atoms with Crippen LogP contribution in [0.15, 0.2) is 24.3 Å². The van der Waals surface area contributed by atoms with Crippen molar-refractivity contribution in [3.05, 3.63) is 40.2 Å². The van der Waals surface area contributed by atoms with E-state index in [0.29, 0.717) is 0 Å². The second-order valence-corrected chi connectivity index (χ2v) is 6.69. The third-order valence-electron chi connectivity index (χ3n) is 1.36. The van der Waals surface area contributed by atoms with Gasteiger partial charge in [-0.3, -0.25) is 0 Å². The molecule has 0 N–H and O–H groups in total. The van der Waals surface area contributed by atoms with Gasteiger partial charge >= 0.3 is 26.2 Å². The number of nitrogens with zero attached hydrogens (tertiary/aromatic N) is 3. The van der Waals surface area contributed by atoms with Gasteiger partial charge in [-0.1, -0.05) is 13.1 Å². The van der Waals surface area contributed by atoms with Crippen LogP contribution in [0.1, 0.15) is 0 Å². The molecule has 0 aliphatic rings. The van der Waals surface area contributed by atoms with Crippen molar-refractivity contribution >= 4 is 14.0 Å². The molecule has 0 aromatic heterocycles. The second-order valence-electron chi connectivity index (χ2n) is 3.71.